The van der Waals surface area contributed by atoms with Crippen LogP contribution in [0.1, 0.15) is 57.4 Å². The lowest BCUT2D eigenvalue weighted by molar-refractivity contribution is 0.422. The summed E-state index contributed by atoms with van der Waals surface area (Å²) in [5.41, 5.74) is 1.93. The van der Waals surface area contributed by atoms with Gasteiger partial charge in [0.05, 0.1) is 0 Å². The number of aryl methyl sites for hydroxylation is 1. The van der Waals surface area contributed by atoms with Gasteiger partial charge in [-0.3, -0.25) is 0 Å². The lowest BCUT2D eigenvalue weighted by Gasteiger charge is -2.18. The molecule has 1 aliphatic carbocycles. The SMILES string of the molecule is CCCC1CCCC(Nc2cc(C)cc(F)c2)CC1. The normalized spacial score (nSPS) is 23.9. The van der Waals surface area contributed by atoms with Gasteiger partial charge in [-0.2, -0.15) is 0 Å². The summed E-state index contributed by atoms with van der Waals surface area (Å²) >= 11 is 0. The molecule has 0 amide bonds. The van der Waals surface area contributed by atoms with Crippen LogP contribution in [0.25, 0.3) is 0 Å². The fourth-order valence-corrected chi connectivity index (χ4v) is 3.28. The topological polar surface area (TPSA) is 12.0 Å². The third-order valence-corrected chi connectivity index (χ3v) is 4.20. The first-order chi connectivity index (χ1) is 9.17. The van der Waals surface area contributed by atoms with Gasteiger partial charge in [0.15, 0.2) is 0 Å². The molecule has 1 nitrogen and oxygen atoms in total. The molecule has 0 saturated heterocycles. The Morgan fingerprint density at radius 1 is 1.16 bits per heavy atom. The number of hydrogen-bond donors (Lipinski definition) is 1. The smallest absolute Gasteiger partial charge is 0.125 e. The third kappa shape index (κ3) is 4.52. The molecule has 106 valence electrons. The van der Waals surface area contributed by atoms with E-state index in [4.69, 9.17) is 0 Å². The van der Waals surface area contributed by atoms with Crippen LogP contribution >= 0.6 is 0 Å². The van der Waals surface area contributed by atoms with Gasteiger partial charge >= 0.3 is 0 Å². The molecule has 0 aliphatic heterocycles. The van der Waals surface area contributed by atoms with Crippen LogP contribution in [-0.2, 0) is 0 Å². The molecule has 0 aromatic heterocycles. The maximum absolute atomic E-state index is 13.4. The number of hydrogen-bond acceptors (Lipinski definition) is 1. The third-order valence-electron chi connectivity index (χ3n) is 4.20. The van der Waals surface area contributed by atoms with E-state index in [9.17, 15) is 4.39 Å². The predicted molar refractivity (Wildman–Crippen MR) is 80.0 cm³/mol. The van der Waals surface area contributed by atoms with Crippen molar-refractivity contribution in [2.24, 2.45) is 5.92 Å². The van der Waals surface area contributed by atoms with Crippen molar-refractivity contribution in [3.63, 3.8) is 0 Å². The van der Waals surface area contributed by atoms with Gasteiger partial charge in [0, 0.05) is 11.7 Å². The fraction of sp³-hybridized carbons (Fsp3) is 0.647. The van der Waals surface area contributed by atoms with Gasteiger partial charge < -0.3 is 5.32 Å². The molecule has 0 heterocycles. The minimum atomic E-state index is -0.139. The molecule has 0 spiro atoms. The average Bonchev–Trinajstić information content (AvgIpc) is 2.54. The summed E-state index contributed by atoms with van der Waals surface area (Å²) in [6.45, 7) is 4.22. The number of rotatable bonds is 4. The summed E-state index contributed by atoms with van der Waals surface area (Å²) in [7, 11) is 0. The maximum atomic E-state index is 13.4. The second-order valence-electron chi connectivity index (χ2n) is 6.02. The van der Waals surface area contributed by atoms with E-state index < -0.39 is 0 Å². The lowest BCUT2D eigenvalue weighted by atomic mass is 9.95. The zero-order valence-corrected chi connectivity index (χ0v) is 12.2. The molecule has 0 radical (unpaired) electrons. The van der Waals surface area contributed by atoms with Crippen LogP contribution in [0.5, 0.6) is 0 Å². The standard InChI is InChI=1S/C17H26FN/c1-3-5-14-6-4-7-16(9-8-14)19-17-11-13(2)10-15(18)12-17/h10-12,14,16,19H,3-9H2,1-2H3. The monoisotopic (exact) mass is 263 g/mol. The Morgan fingerprint density at radius 2 is 2.00 bits per heavy atom. The molecule has 2 rings (SSSR count). The van der Waals surface area contributed by atoms with Gasteiger partial charge in [-0.25, -0.2) is 4.39 Å². The van der Waals surface area contributed by atoms with E-state index in [-0.39, 0.29) is 5.82 Å². The van der Waals surface area contributed by atoms with Gasteiger partial charge in [0.1, 0.15) is 5.82 Å². The van der Waals surface area contributed by atoms with E-state index in [2.05, 4.69) is 12.2 Å². The number of nitrogens with one attached hydrogen (secondary N) is 1. The van der Waals surface area contributed by atoms with E-state index in [0.717, 1.165) is 17.2 Å². The van der Waals surface area contributed by atoms with Crippen LogP contribution in [0.15, 0.2) is 18.2 Å². The second-order valence-corrected chi connectivity index (χ2v) is 6.02. The Hall–Kier alpha value is -1.05. The van der Waals surface area contributed by atoms with Crippen molar-refractivity contribution >= 4 is 5.69 Å². The molecule has 1 N–H and O–H groups in total. The Balaban J connectivity index is 1.92. The van der Waals surface area contributed by atoms with Crippen LogP contribution in [0.2, 0.25) is 0 Å². The lowest BCUT2D eigenvalue weighted by Crippen LogP contribution is -2.18. The Bertz CT molecular complexity index is 382. The average molecular weight is 263 g/mol. The molecule has 0 bridgehead atoms. The van der Waals surface area contributed by atoms with Crippen molar-refractivity contribution in [1.29, 1.82) is 0 Å². The number of benzene rings is 1. The van der Waals surface area contributed by atoms with Crippen molar-refractivity contribution < 1.29 is 4.39 Å². The van der Waals surface area contributed by atoms with Crippen LogP contribution in [0, 0.1) is 18.7 Å². The zero-order valence-electron chi connectivity index (χ0n) is 12.2. The summed E-state index contributed by atoms with van der Waals surface area (Å²) in [4.78, 5) is 0. The van der Waals surface area contributed by atoms with Crippen molar-refractivity contribution in [2.45, 2.75) is 64.8 Å². The van der Waals surface area contributed by atoms with Crippen LogP contribution in [-0.4, -0.2) is 6.04 Å². The quantitative estimate of drug-likeness (QED) is 0.727. The summed E-state index contributed by atoms with van der Waals surface area (Å²) in [5, 5.41) is 3.53. The molecule has 1 fully saturated rings. The summed E-state index contributed by atoms with van der Waals surface area (Å²) < 4.78 is 13.4. The molecule has 2 atom stereocenters. The van der Waals surface area contributed by atoms with Crippen LogP contribution < -0.4 is 5.32 Å². The molecular weight excluding hydrogens is 237 g/mol. The number of anilines is 1. The second kappa shape index (κ2) is 6.93. The van der Waals surface area contributed by atoms with Crippen molar-refractivity contribution in [3.05, 3.63) is 29.6 Å². The summed E-state index contributed by atoms with van der Waals surface area (Å²) in [6, 6.07) is 5.75. The highest BCUT2D eigenvalue weighted by Crippen LogP contribution is 2.28. The highest BCUT2D eigenvalue weighted by molar-refractivity contribution is 5.46. The van der Waals surface area contributed by atoms with E-state index in [1.54, 1.807) is 12.1 Å². The number of halogens is 1. The first kappa shape index (κ1) is 14.4. The Morgan fingerprint density at radius 3 is 2.74 bits per heavy atom. The highest BCUT2D eigenvalue weighted by Gasteiger charge is 2.18. The molecular formula is C17H26FN. The molecule has 1 aliphatic rings. The zero-order chi connectivity index (χ0) is 13.7. The molecule has 1 saturated carbocycles. The molecule has 2 unspecified atom stereocenters. The molecule has 1 aromatic carbocycles. The van der Waals surface area contributed by atoms with Crippen LogP contribution in [0.4, 0.5) is 10.1 Å². The predicted octanol–water partition coefficient (Wildman–Crippen LogP) is 5.30. The minimum absolute atomic E-state index is 0.139. The first-order valence-electron chi connectivity index (χ1n) is 7.71. The largest absolute Gasteiger partial charge is 0.382 e. The first-order valence-corrected chi connectivity index (χ1v) is 7.71. The molecule has 19 heavy (non-hydrogen) atoms. The highest BCUT2D eigenvalue weighted by atomic mass is 19.1. The van der Waals surface area contributed by atoms with Gasteiger partial charge in [0.25, 0.3) is 0 Å². The van der Waals surface area contributed by atoms with Crippen molar-refractivity contribution in [3.8, 4) is 0 Å². The fourth-order valence-electron chi connectivity index (χ4n) is 3.28. The van der Waals surface area contributed by atoms with E-state index in [1.807, 2.05) is 13.0 Å². The van der Waals surface area contributed by atoms with Gasteiger partial charge in [-0.05, 0) is 55.9 Å². The van der Waals surface area contributed by atoms with E-state index in [0.29, 0.717) is 6.04 Å². The van der Waals surface area contributed by atoms with Crippen LogP contribution in [0.3, 0.4) is 0 Å². The van der Waals surface area contributed by atoms with Gasteiger partial charge in [-0.1, -0.05) is 32.6 Å². The molecule has 1 aromatic rings. The van der Waals surface area contributed by atoms with Crippen molar-refractivity contribution in [2.75, 3.05) is 5.32 Å². The summed E-state index contributed by atoms with van der Waals surface area (Å²) in [6.07, 6.45) is 9.10. The minimum Gasteiger partial charge on any atom is -0.382 e. The Kier molecular flexibility index (Phi) is 5.24. The van der Waals surface area contributed by atoms with E-state index >= 15 is 0 Å². The maximum Gasteiger partial charge on any atom is 0.125 e. The van der Waals surface area contributed by atoms with Crippen molar-refractivity contribution in [1.82, 2.24) is 0 Å². The Labute approximate surface area is 116 Å². The van der Waals surface area contributed by atoms with Gasteiger partial charge in [0.2, 0.25) is 0 Å². The summed E-state index contributed by atoms with van der Waals surface area (Å²) in [5.74, 6) is 0.769. The molecule has 2 heteroatoms. The van der Waals surface area contributed by atoms with Gasteiger partial charge in [-0.15, -0.1) is 0 Å². The van der Waals surface area contributed by atoms with E-state index in [1.165, 1.54) is 44.9 Å².